The maximum Gasteiger partial charge on any atom is 0.271 e. The van der Waals surface area contributed by atoms with Crippen molar-refractivity contribution < 1.29 is 9.53 Å². The van der Waals surface area contributed by atoms with Crippen LogP contribution in [0.3, 0.4) is 0 Å². The van der Waals surface area contributed by atoms with Crippen molar-refractivity contribution in [1.82, 2.24) is 25.3 Å². The highest BCUT2D eigenvalue weighted by molar-refractivity contribution is 5.92. The lowest BCUT2D eigenvalue weighted by Crippen LogP contribution is -2.44. The number of aryl methyl sites for hydroxylation is 1. The van der Waals surface area contributed by atoms with E-state index in [2.05, 4.69) is 51.8 Å². The van der Waals surface area contributed by atoms with Crippen LogP contribution in [-0.2, 0) is 4.74 Å². The molecule has 1 aromatic heterocycles. The fourth-order valence-corrected chi connectivity index (χ4v) is 4.23. The summed E-state index contributed by atoms with van der Waals surface area (Å²) in [5.74, 6) is -0.113. The summed E-state index contributed by atoms with van der Waals surface area (Å²) >= 11 is 0. The van der Waals surface area contributed by atoms with Gasteiger partial charge >= 0.3 is 0 Å². The molecule has 2 aliphatic rings. The Kier molecular flexibility index (Phi) is 6.59. The molecule has 2 N–H and O–H groups in total. The Morgan fingerprint density at radius 3 is 2.97 bits per heavy atom. The van der Waals surface area contributed by atoms with Crippen molar-refractivity contribution in [3.05, 3.63) is 53.3 Å². The van der Waals surface area contributed by atoms with Gasteiger partial charge in [-0.1, -0.05) is 29.8 Å². The molecule has 156 valence electrons. The van der Waals surface area contributed by atoms with Gasteiger partial charge in [-0.05, 0) is 37.9 Å². The molecule has 7 heteroatoms. The van der Waals surface area contributed by atoms with Crippen LogP contribution in [-0.4, -0.2) is 66.5 Å². The molecular formula is C22H31N5O2. The average molecular weight is 398 g/mol. The molecule has 2 fully saturated rings. The smallest absolute Gasteiger partial charge is 0.271 e. The normalized spacial score (nSPS) is 21.6. The Hall–Kier alpha value is -2.22. The average Bonchev–Trinajstić information content (AvgIpc) is 3.26. The molecule has 4 rings (SSSR count). The summed E-state index contributed by atoms with van der Waals surface area (Å²) in [5, 5.41) is 11.1. The lowest BCUT2D eigenvalue weighted by molar-refractivity contribution is 0.0162. The van der Waals surface area contributed by atoms with E-state index in [1.807, 2.05) is 16.9 Å². The number of benzene rings is 1. The van der Waals surface area contributed by atoms with Gasteiger partial charge < -0.3 is 15.4 Å². The van der Waals surface area contributed by atoms with E-state index in [-0.39, 0.29) is 11.9 Å². The van der Waals surface area contributed by atoms with Crippen LogP contribution in [0.15, 0.2) is 36.5 Å². The minimum atomic E-state index is -0.113. The molecule has 0 spiro atoms. The SMILES string of the molecule is Cc1cccc(C(CNC(=O)c2ccn(C3CCCNC3)n2)N2CCOCC2)c1. The van der Waals surface area contributed by atoms with E-state index in [0.717, 1.165) is 52.2 Å². The van der Waals surface area contributed by atoms with Crippen molar-refractivity contribution in [3.63, 3.8) is 0 Å². The van der Waals surface area contributed by atoms with Gasteiger partial charge in [-0.3, -0.25) is 14.4 Å². The lowest BCUT2D eigenvalue weighted by atomic mass is 10.0. The number of amides is 1. The topological polar surface area (TPSA) is 71.4 Å². The van der Waals surface area contributed by atoms with Crippen LogP contribution in [0.25, 0.3) is 0 Å². The minimum Gasteiger partial charge on any atom is -0.379 e. The quantitative estimate of drug-likeness (QED) is 0.779. The van der Waals surface area contributed by atoms with Gasteiger partial charge in [-0.25, -0.2) is 0 Å². The number of piperidine rings is 1. The molecular weight excluding hydrogens is 366 g/mol. The number of carbonyl (C=O) groups is 1. The highest BCUT2D eigenvalue weighted by Gasteiger charge is 2.24. The third-order valence-electron chi connectivity index (χ3n) is 5.86. The number of ether oxygens (including phenoxy) is 1. The summed E-state index contributed by atoms with van der Waals surface area (Å²) in [6.07, 6.45) is 4.17. The number of nitrogens with one attached hydrogen (secondary N) is 2. The largest absolute Gasteiger partial charge is 0.379 e. The monoisotopic (exact) mass is 397 g/mol. The maximum absolute atomic E-state index is 12.8. The van der Waals surface area contributed by atoms with Crippen molar-refractivity contribution in [2.24, 2.45) is 0 Å². The van der Waals surface area contributed by atoms with Crippen LogP contribution in [0.2, 0.25) is 0 Å². The third-order valence-corrected chi connectivity index (χ3v) is 5.86. The highest BCUT2D eigenvalue weighted by Crippen LogP contribution is 2.22. The van der Waals surface area contributed by atoms with Crippen molar-refractivity contribution in [3.8, 4) is 0 Å². The minimum absolute atomic E-state index is 0.113. The number of nitrogens with zero attached hydrogens (tertiary/aromatic N) is 3. The number of morpholine rings is 1. The molecule has 2 saturated heterocycles. The van der Waals surface area contributed by atoms with Gasteiger partial charge in [0.2, 0.25) is 0 Å². The van der Waals surface area contributed by atoms with Crippen LogP contribution in [0.4, 0.5) is 0 Å². The second-order valence-electron chi connectivity index (χ2n) is 7.97. The van der Waals surface area contributed by atoms with Crippen LogP contribution in [0, 0.1) is 6.92 Å². The van der Waals surface area contributed by atoms with Crippen molar-refractivity contribution >= 4 is 5.91 Å². The second kappa shape index (κ2) is 9.52. The fourth-order valence-electron chi connectivity index (χ4n) is 4.23. The Morgan fingerprint density at radius 2 is 2.21 bits per heavy atom. The van der Waals surface area contributed by atoms with Gasteiger partial charge in [-0.15, -0.1) is 0 Å². The molecule has 2 atom stereocenters. The molecule has 2 aromatic rings. The predicted octanol–water partition coefficient (Wildman–Crippen LogP) is 1.92. The van der Waals surface area contributed by atoms with Crippen molar-refractivity contribution in [2.45, 2.75) is 31.8 Å². The van der Waals surface area contributed by atoms with Crippen LogP contribution >= 0.6 is 0 Å². The van der Waals surface area contributed by atoms with Crippen LogP contribution < -0.4 is 10.6 Å². The van der Waals surface area contributed by atoms with Gasteiger partial charge in [0.15, 0.2) is 0 Å². The number of hydrogen-bond donors (Lipinski definition) is 2. The Balaban J connectivity index is 1.42. The van der Waals surface area contributed by atoms with E-state index >= 15 is 0 Å². The first-order valence-electron chi connectivity index (χ1n) is 10.6. The Morgan fingerprint density at radius 1 is 1.34 bits per heavy atom. The molecule has 1 amide bonds. The number of hydrogen-bond acceptors (Lipinski definition) is 5. The predicted molar refractivity (Wildman–Crippen MR) is 112 cm³/mol. The molecule has 1 aromatic carbocycles. The zero-order chi connectivity index (χ0) is 20.1. The Bertz CT molecular complexity index is 809. The van der Waals surface area contributed by atoms with E-state index in [0.29, 0.717) is 18.3 Å². The Labute approximate surface area is 172 Å². The molecule has 29 heavy (non-hydrogen) atoms. The zero-order valence-corrected chi connectivity index (χ0v) is 17.1. The molecule has 0 bridgehead atoms. The van der Waals surface area contributed by atoms with Crippen molar-refractivity contribution in [2.75, 3.05) is 45.9 Å². The van der Waals surface area contributed by atoms with E-state index in [9.17, 15) is 4.79 Å². The standard InChI is InChI=1S/C22H31N5O2/c1-17-4-2-5-18(14-17)21(26-10-12-29-13-11-26)16-24-22(28)20-7-9-27(25-20)19-6-3-8-23-15-19/h2,4-5,7,9,14,19,21,23H,3,6,8,10-13,15-16H2,1H3,(H,24,28). The number of aromatic nitrogens is 2. The van der Waals surface area contributed by atoms with Gasteiger partial charge in [0.05, 0.1) is 25.3 Å². The number of rotatable bonds is 6. The molecule has 0 saturated carbocycles. The fraction of sp³-hybridized carbons (Fsp3) is 0.545. The molecule has 0 radical (unpaired) electrons. The molecule has 2 unspecified atom stereocenters. The first kappa shape index (κ1) is 20.1. The second-order valence-corrected chi connectivity index (χ2v) is 7.97. The first-order valence-corrected chi connectivity index (χ1v) is 10.6. The summed E-state index contributed by atoms with van der Waals surface area (Å²) in [7, 11) is 0. The number of carbonyl (C=O) groups excluding carboxylic acids is 1. The van der Waals surface area contributed by atoms with Gasteiger partial charge in [-0.2, -0.15) is 5.10 Å². The zero-order valence-electron chi connectivity index (χ0n) is 17.1. The van der Waals surface area contributed by atoms with Crippen LogP contribution in [0.1, 0.15) is 46.5 Å². The molecule has 3 heterocycles. The summed E-state index contributed by atoms with van der Waals surface area (Å²) in [6.45, 7) is 7.84. The lowest BCUT2D eigenvalue weighted by Gasteiger charge is -2.35. The van der Waals surface area contributed by atoms with Gasteiger partial charge in [0.25, 0.3) is 5.91 Å². The van der Waals surface area contributed by atoms with Crippen molar-refractivity contribution in [1.29, 1.82) is 0 Å². The first-order chi connectivity index (χ1) is 14.2. The summed E-state index contributed by atoms with van der Waals surface area (Å²) < 4.78 is 7.45. The van der Waals surface area contributed by atoms with E-state index in [1.54, 1.807) is 0 Å². The molecule has 2 aliphatic heterocycles. The summed E-state index contributed by atoms with van der Waals surface area (Å²) in [6, 6.07) is 10.8. The van der Waals surface area contributed by atoms with Gasteiger partial charge in [0, 0.05) is 32.4 Å². The third kappa shape index (κ3) is 5.04. The van der Waals surface area contributed by atoms with Gasteiger partial charge in [0.1, 0.15) is 5.69 Å². The molecule has 0 aliphatic carbocycles. The van der Waals surface area contributed by atoms with E-state index in [1.165, 1.54) is 11.1 Å². The van der Waals surface area contributed by atoms with Crippen LogP contribution in [0.5, 0.6) is 0 Å². The maximum atomic E-state index is 12.8. The molecule has 7 nitrogen and oxygen atoms in total. The van der Waals surface area contributed by atoms with E-state index < -0.39 is 0 Å². The highest BCUT2D eigenvalue weighted by atomic mass is 16.5. The van der Waals surface area contributed by atoms with E-state index in [4.69, 9.17) is 4.74 Å². The summed E-state index contributed by atoms with van der Waals surface area (Å²) in [5.41, 5.74) is 2.94. The summed E-state index contributed by atoms with van der Waals surface area (Å²) in [4.78, 5) is 15.2.